The average molecular weight is 365 g/mol. The summed E-state index contributed by atoms with van der Waals surface area (Å²) in [6.45, 7) is 2.06. The number of nitrogens with one attached hydrogen (secondary N) is 2. The zero-order valence-corrected chi connectivity index (χ0v) is 14.8. The van der Waals surface area contributed by atoms with Crippen LogP contribution < -0.4 is 5.43 Å². The van der Waals surface area contributed by atoms with Gasteiger partial charge in [0, 0.05) is 22.9 Å². The number of H-pyrrole nitrogens is 1. The Labute approximate surface area is 153 Å². The Bertz CT molecular complexity index is 1100. The van der Waals surface area contributed by atoms with E-state index in [2.05, 4.69) is 39.7 Å². The molecule has 0 amide bonds. The van der Waals surface area contributed by atoms with Crippen molar-refractivity contribution in [2.45, 2.75) is 23.9 Å². The van der Waals surface area contributed by atoms with Gasteiger partial charge in [0.15, 0.2) is 5.82 Å². The van der Waals surface area contributed by atoms with E-state index in [-0.39, 0.29) is 11.2 Å². The molecule has 2 aromatic carbocycles. The van der Waals surface area contributed by atoms with Gasteiger partial charge < -0.3 is 10.4 Å². The van der Waals surface area contributed by atoms with Gasteiger partial charge in [-0.1, -0.05) is 36.9 Å². The predicted molar refractivity (Wildman–Crippen MR) is 101 cm³/mol. The highest BCUT2D eigenvalue weighted by atomic mass is 32.2. The fraction of sp³-hybridized carbons (Fsp3) is 0.158. The number of aryl methyl sites for hydroxylation is 1. The minimum Gasteiger partial charge on any atom is -0.354 e. The normalized spacial score (nSPS) is 16.0. The molecule has 1 atom stereocenters. The van der Waals surface area contributed by atoms with Gasteiger partial charge in [-0.15, -0.1) is 10.2 Å². The molecule has 2 aromatic heterocycles. The molecule has 0 saturated heterocycles. The zero-order chi connectivity index (χ0) is 17.7. The Morgan fingerprint density at radius 1 is 1.12 bits per heavy atom. The van der Waals surface area contributed by atoms with E-state index in [0.29, 0.717) is 0 Å². The van der Waals surface area contributed by atoms with Crippen LogP contribution in [0, 0.1) is 5.82 Å². The summed E-state index contributed by atoms with van der Waals surface area (Å²) < 4.78 is 15.3. The summed E-state index contributed by atoms with van der Waals surface area (Å²) in [5.74, 6) is 0.678. The van der Waals surface area contributed by atoms with E-state index >= 15 is 0 Å². The second-order valence-corrected chi connectivity index (χ2v) is 7.25. The van der Waals surface area contributed by atoms with Crippen LogP contribution in [-0.2, 0) is 6.42 Å². The number of thioether (sulfide) groups is 1. The Kier molecular flexibility index (Phi) is 3.49. The van der Waals surface area contributed by atoms with Crippen molar-refractivity contribution in [1.29, 1.82) is 0 Å². The minimum atomic E-state index is -0.237. The van der Waals surface area contributed by atoms with Gasteiger partial charge in [-0.05, 0) is 35.9 Å². The molecule has 2 N–H and O–H groups in total. The number of nitrogens with zero attached hydrogens (tertiary/aromatic N) is 3. The Morgan fingerprint density at radius 2 is 1.92 bits per heavy atom. The van der Waals surface area contributed by atoms with Gasteiger partial charge in [0.2, 0.25) is 5.16 Å². The number of fused-ring (bicyclic) bond motifs is 2. The summed E-state index contributed by atoms with van der Waals surface area (Å²) in [7, 11) is 0. The van der Waals surface area contributed by atoms with Gasteiger partial charge >= 0.3 is 0 Å². The molecule has 5 nitrogen and oxygen atoms in total. The van der Waals surface area contributed by atoms with Crippen molar-refractivity contribution in [2.24, 2.45) is 0 Å². The predicted octanol–water partition coefficient (Wildman–Crippen LogP) is 4.48. The van der Waals surface area contributed by atoms with Crippen LogP contribution in [0.25, 0.3) is 22.2 Å². The number of rotatable bonds is 3. The molecule has 1 unspecified atom stereocenters. The molecular formula is C19H16FN5S. The highest BCUT2D eigenvalue weighted by Crippen LogP contribution is 2.45. The van der Waals surface area contributed by atoms with Gasteiger partial charge in [-0.3, -0.25) is 0 Å². The highest BCUT2D eigenvalue weighted by Gasteiger charge is 2.31. The van der Waals surface area contributed by atoms with Gasteiger partial charge in [0.25, 0.3) is 0 Å². The van der Waals surface area contributed by atoms with Crippen molar-refractivity contribution in [2.75, 3.05) is 5.43 Å². The van der Waals surface area contributed by atoms with Crippen LogP contribution >= 0.6 is 11.8 Å². The molecule has 5 rings (SSSR count). The standard InChI is InChI=1S/C19H16FN5S/c1-2-15-22-23-19-25(15)24-18(26-19)16-13-5-3-4-6-14(13)21-17(16)11-7-9-12(20)10-8-11/h3-10,18,21,24H,2H2,1H3. The molecule has 0 bridgehead atoms. The van der Waals surface area contributed by atoms with Gasteiger partial charge in [-0.2, -0.15) is 0 Å². The summed E-state index contributed by atoms with van der Waals surface area (Å²) in [5, 5.41) is 10.5. The Morgan fingerprint density at radius 3 is 2.73 bits per heavy atom. The molecule has 0 spiro atoms. The third-order valence-electron chi connectivity index (χ3n) is 4.63. The lowest BCUT2D eigenvalue weighted by molar-refractivity contribution is 0.628. The number of hydrogen-bond acceptors (Lipinski definition) is 4. The topological polar surface area (TPSA) is 58.5 Å². The SMILES string of the molecule is CCc1nnc2n1NC(c1c(-c3ccc(F)cc3)[nH]c3ccccc13)S2. The number of aromatic nitrogens is 4. The first kappa shape index (κ1) is 15.5. The first-order chi connectivity index (χ1) is 12.7. The minimum absolute atomic E-state index is 0.00185. The molecule has 7 heteroatoms. The average Bonchev–Trinajstić information content (AvgIpc) is 3.33. The highest BCUT2D eigenvalue weighted by molar-refractivity contribution is 7.99. The van der Waals surface area contributed by atoms with Crippen molar-refractivity contribution in [1.82, 2.24) is 19.9 Å². The molecule has 0 radical (unpaired) electrons. The lowest BCUT2D eigenvalue weighted by Gasteiger charge is -2.14. The van der Waals surface area contributed by atoms with Crippen LogP contribution in [0.2, 0.25) is 0 Å². The lowest BCUT2D eigenvalue weighted by Crippen LogP contribution is -2.15. The molecule has 4 aromatic rings. The summed E-state index contributed by atoms with van der Waals surface area (Å²) in [5.41, 5.74) is 7.66. The smallest absolute Gasteiger partial charge is 0.212 e. The first-order valence-corrected chi connectivity index (χ1v) is 9.36. The molecule has 1 aliphatic heterocycles. The second-order valence-electron chi connectivity index (χ2n) is 6.18. The Balaban J connectivity index is 1.66. The fourth-order valence-electron chi connectivity index (χ4n) is 3.39. The molecule has 26 heavy (non-hydrogen) atoms. The fourth-order valence-corrected chi connectivity index (χ4v) is 4.47. The van der Waals surface area contributed by atoms with Gasteiger partial charge in [0.05, 0.1) is 5.69 Å². The summed E-state index contributed by atoms with van der Waals surface area (Å²) in [6, 6.07) is 14.8. The molecule has 0 aliphatic carbocycles. The van der Waals surface area contributed by atoms with Crippen LogP contribution in [0.15, 0.2) is 53.7 Å². The van der Waals surface area contributed by atoms with Crippen LogP contribution in [0.5, 0.6) is 0 Å². The van der Waals surface area contributed by atoms with Crippen LogP contribution in [0.1, 0.15) is 23.7 Å². The largest absolute Gasteiger partial charge is 0.354 e. The van der Waals surface area contributed by atoms with Crippen molar-refractivity contribution < 1.29 is 4.39 Å². The third kappa shape index (κ3) is 2.31. The van der Waals surface area contributed by atoms with E-state index in [4.69, 9.17) is 0 Å². The molecule has 130 valence electrons. The van der Waals surface area contributed by atoms with Crippen LogP contribution in [0.4, 0.5) is 4.39 Å². The first-order valence-electron chi connectivity index (χ1n) is 8.48. The Hall–Kier alpha value is -2.80. The van der Waals surface area contributed by atoms with E-state index in [9.17, 15) is 4.39 Å². The van der Waals surface area contributed by atoms with E-state index in [1.807, 2.05) is 16.8 Å². The van der Waals surface area contributed by atoms with Crippen LogP contribution in [0.3, 0.4) is 0 Å². The number of halogens is 1. The van der Waals surface area contributed by atoms with Crippen molar-refractivity contribution in [3.8, 4) is 11.3 Å². The molecule has 1 aliphatic rings. The van der Waals surface area contributed by atoms with Crippen molar-refractivity contribution >= 4 is 22.7 Å². The van der Waals surface area contributed by atoms with Gasteiger partial charge in [-0.25, -0.2) is 9.07 Å². The van der Waals surface area contributed by atoms with Crippen LogP contribution in [-0.4, -0.2) is 19.9 Å². The van der Waals surface area contributed by atoms with Gasteiger partial charge in [0.1, 0.15) is 11.2 Å². The van der Waals surface area contributed by atoms with E-state index in [1.165, 1.54) is 12.1 Å². The van der Waals surface area contributed by atoms with E-state index in [1.54, 1.807) is 23.9 Å². The maximum atomic E-state index is 13.4. The molecule has 0 saturated carbocycles. The molecule has 0 fully saturated rings. The second kappa shape index (κ2) is 5.88. The lowest BCUT2D eigenvalue weighted by atomic mass is 10.1. The summed E-state index contributed by atoms with van der Waals surface area (Å²) >= 11 is 1.64. The third-order valence-corrected chi connectivity index (χ3v) is 5.68. The quantitative estimate of drug-likeness (QED) is 0.562. The van der Waals surface area contributed by atoms with Crippen molar-refractivity contribution in [3.05, 3.63) is 65.7 Å². The summed E-state index contributed by atoms with van der Waals surface area (Å²) in [6.07, 6.45) is 0.811. The number of para-hydroxylation sites is 1. The van der Waals surface area contributed by atoms with E-state index in [0.717, 1.165) is 45.1 Å². The van der Waals surface area contributed by atoms with Crippen molar-refractivity contribution in [3.63, 3.8) is 0 Å². The number of hydrogen-bond donors (Lipinski definition) is 2. The zero-order valence-electron chi connectivity index (χ0n) is 14.0. The molecule has 3 heterocycles. The molecular weight excluding hydrogens is 349 g/mol. The summed E-state index contributed by atoms with van der Waals surface area (Å²) in [4.78, 5) is 3.50. The maximum absolute atomic E-state index is 13.4. The maximum Gasteiger partial charge on any atom is 0.212 e. The number of benzene rings is 2. The monoisotopic (exact) mass is 365 g/mol. The number of aromatic amines is 1. The van der Waals surface area contributed by atoms with E-state index < -0.39 is 0 Å².